The number of benzene rings is 1. The van der Waals surface area contributed by atoms with Crippen LogP contribution in [-0.4, -0.2) is 31.2 Å². The number of hydrazine groups is 1. The minimum Gasteiger partial charge on any atom is -0.369 e. The fourth-order valence-electron chi connectivity index (χ4n) is 1.65. The van der Waals surface area contributed by atoms with Crippen molar-refractivity contribution in [3.8, 4) is 0 Å². The highest BCUT2D eigenvalue weighted by molar-refractivity contribution is 6.30. The molecular weight excluding hydrogens is 198 g/mol. The Hall–Kier alpha value is -0.770. The lowest BCUT2D eigenvalue weighted by Crippen LogP contribution is -2.49. The first kappa shape index (κ1) is 9.77. The molecule has 2 N–H and O–H groups in total. The van der Waals surface area contributed by atoms with E-state index in [1.807, 2.05) is 23.2 Å². The molecule has 3 nitrogen and oxygen atoms in total. The van der Waals surface area contributed by atoms with Crippen molar-refractivity contribution >= 4 is 17.3 Å². The van der Waals surface area contributed by atoms with Crippen LogP contribution in [0.3, 0.4) is 0 Å². The van der Waals surface area contributed by atoms with Crippen molar-refractivity contribution < 1.29 is 0 Å². The number of nitrogens with two attached hydrogens (primary N) is 1. The Morgan fingerprint density at radius 1 is 1.14 bits per heavy atom. The smallest absolute Gasteiger partial charge is 0.0426 e. The molecule has 2 rings (SSSR count). The van der Waals surface area contributed by atoms with Crippen molar-refractivity contribution in [1.82, 2.24) is 5.01 Å². The number of hydrogen-bond acceptors (Lipinski definition) is 3. The number of halogens is 1. The van der Waals surface area contributed by atoms with E-state index < -0.39 is 0 Å². The van der Waals surface area contributed by atoms with Crippen LogP contribution in [0.4, 0.5) is 5.69 Å². The van der Waals surface area contributed by atoms with E-state index in [2.05, 4.69) is 11.0 Å². The zero-order valence-corrected chi connectivity index (χ0v) is 8.74. The van der Waals surface area contributed by atoms with Gasteiger partial charge >= 0.3 is 0 Å². The van der Waals surface area contributed by atoms with Crippen molar-refractivity contribution in [2.45, 2.75) is 0 Å². The van der Waals surface area contributed by atoms with Crippen LogP contribution in [0.15, 0.2) is 24.3 Å². The number of nitrogens with zero attached hydrogens (tertiary/aromatic N) is 2. The van der Waals surface area contributed by atoms with E-state index in [1.54, 1.807) is 0 Å². The Labute approximate surface area is 89.0 Å². The highest BCUT2D eigenvalue weighted by Gasteiger charge is 2.14. The van der Waals surface area contributed by atoms with Gasteiger partial charge in [0.25, 0.3) is 0 Å². The molecule has 0 amide bonds. The van der Waals surface area contributed by atoms with Crippen LogP contribution < -0.4 is 10.7 Å². The lowest BCUT2D eigenvalue weighted by molar-refractivity contribution is 0.266. The third kappa shape index (κ3) is 2.18. The van der Waals surface area contributed by atoms with Gasteiger partial charge in [0.05, 0.1) is 0 Å². The van der Waals surface area contributed by atoms with E-state index in [4.69, 9.17) is 17.4 Å². The van der Waals surface area contributed by atoms with Gasteiger partial charge in [-0.05, 0) is 18.2 Å². The van der Waals surface area contributed by atoms with E-state index in [0.717, 1.165) is 31.2 Å². The van der Waals surface area contributed by atoms with E-state index in [1.165, 1.54) is 5.69 Å². The number of anilines is 1. The summed E-state index contributed by atoms with van der Waals surface area (Å²) in [5.74, 6) is 5.69. The molecule has 1 heterocycles. The molecule has 0 atom stereocenters. The van der Waals surface area contributed by atoms with E-state index >= 15 is 0 Å². The fourth-order valence-corrected chi connectivity index (χ4v) is 1.84. The first-order valence-electron chi connectivity index (χ1n) is 4.76. The average molecular weight is 212 g/mol. The van der Waals surface area contributed by atoms with Gasteiger partial charge in [0.1, 0.15) is 0 Å². The zero-order valence-electron chi connectivity index (χ0n) is 7.99. The van der Waals surface area contributed by atoms with Gasteiger partial charge in [0, 0.05) is 36.9 Å². The summed E-state index contributed by atoms with van der Waals surface area (Å²) in [6.07, 6.45) is 0. The monoisotopic (exact) mass is 211 g/mol. The van der Waals surface area contributed by atoms with Crippen LogP contribution >= 0.6 is 11.6 Å². The standard InChI is InChI=1S/C10H14ClN3/c11-9-2-1-3-10(8-9)13-4-6-14(12)7-5-13/h1-3,8H,4-7,12H2. The second-order valence-corrected chi connectivity index (χ2v) is 3.94. The summed E-state index contributed by atoms with van der Waals surface area (Å²) < 4.78 is 0. The molecule has 0 aromatic heterocycles. The molecule has 1 fully saturated rings. The van der Waals surface area contributed by atoms with Crippen LogP contribution in [0.25, 0.3) is 0 Å². The zero-order chi connectivity index (χ0) is 9.97. The maximum atomic E-state index is 5.93. The fraction of sp³-hybridized carbons (Fsp3) is 0.400. The topological polar surface area (TPSA) is 32.5 Å². The maximum Gasteiger partial charge on any atom is 0.0426 e. The first-order valence-corrected chi connectivity index (χ1v) is 5.14. The van der Waals surface area contributed by atoms with Gasteiger partial charge in [-0.1, -0.05) is 17.7 Å². The van der Waals surface area contributed by atoms with Crippen molar-refractivity contribution in [3.05, 3.63) is 29.3 Å². The van der Waals surface area contributed by atoms with Gasteiger partial charge in [0.15, 0.2) is 0 Å². The molecule has 76 valence electrons. The van der Waals surface area contributed by atoms with Gasteiger partial charge in [0.2, 0.25) is 0 Å². The minimum absolute atomic E-state index is 0.790. The highest BCUT2D eigenvalue weighted by Crippen LogP contribution is 2.20. The van der Waals surface area contributed by atoms with E-state index in [0.29, 0.717) is 0 Å². The lowest BCUT2D eigenvalue weighted by atomic mass is 10.2. The molecule has 0 unspecified atom stereocenters. The van der Waals surface area contributed by atoms with Crippen molar-refractivity contribution in [3.63, 3.8) is 0 Å². The first-order chi connectivity index (χ1) is 6.75. The molecule has 0 spiro atoms. The van der Waals surface area contributed by atoms with Gasteiger partial charge in [-0.15, -0.1) is 0 Å². The summed E-state index contributed by atoms with van der Waals surface area (Å²) >= 11 is 5.93. The molecule has 1 aromatic carbocycles. The minimum atomic E-state index is 0.790. The van der Waals surface area contributed by atoms with Crippen molar-refractivity contribution in [2.24, 2.45) is 5.84 Å². The molecule has 1 aromatic rings. The Morgan fingerprint density at radius 2 is 1.86 bits per heavy atom. The molecule has 0 saturated carbocycles. The van der Waals surface area contributed by atoms with Crippen molar-refractivity contribution in [2.75, 3.05) is 31.1 Å². The Bertz CT molecular complexity index is 308. The molecule has 1 aliphatic rings. The van der Waals surface area contributed by atoms with E-state index in [-0.39, 0.29) is 0 Å². The Kier molecular flexibility index (Phi) is 2.91. The third-order valence-electron chi connectivity index (χ3n) is 2.49. The molecule has 14 heavy (non-hydrogen) atoms. The molecule has 1 aliphatic heterocycles. The van der Waals surface area contributed by atoms with Crippen molar-refractivity contribution in [1.29, 1.82) is 0 Å². The molecular formula is C10H14ClN3. The lowest BCUT2D eigenvalue weighted by Gasteiger charge is -2.33. The van der Waals surface area contributed by atoms with Gasteiger partial charge < -0.3 is 4.90 Å². The predicted octanol–water partition coefficient (Wildman–Crippen LogP) is 1.34. The molecule has 4 heteroatoms. The summed E-state index contributed by atoms with van der Waals surface area (Å²) in [5.41, 5.74) is 1.19. The normalized spacial score (nSPS) is 18.6. The van der Waals surface area contributed by atoms with Gasteiger partial charge in [-0.2, -0.15) is 0 Å². The molecule has 0 radical (unpaired) electrons. The van der Waals surface area contributed by atoms with Crippen LogP contribution in [0, 0.1) is 0 Å². The Balaban J connectivity index is 2.08. The largest absolute Gasteiger partial charge is 0.369 e. The molecule has 1 saturated heterocycles. The number of rotatable bonds is 1. The highest BCUT2D eigenvalue weighted by atomic mass is 35.5. The molecule has 0 bridgehead atoms. The van der Waals surface area contributed by atoms with Crippen LogP contribution in [0.2, 0.25) is 5.02 Å². The second-order valence-electron chi connectivity index (χ2n) is 3.50. The quantitative estimate of drug-likeness (QED) is 0.712. The summed E-state index contributed by atoms with van der Waals surface area (Å²) in [6, 6.07) is 7.95. The summed E-state index contributed by atoms with van der Waals surface area (Å²) in [7, 11) is 0. The summed E-state index contributed by atoms with van der Waals surface area (Å²) in [4.78, 5) is 2.30. The van der Waals surface area contributed by atoms with Crippen LogP contribution in [-0.2, 0) is 0 Å². The SMILES string of the molecule is NN1CCN(c2cccc(Cl)c2)CC1. The number of hydrogen-bond donors (Lipinski definition) is 1. The summed E-state index contributed by atoms with van der Waals surface area (Å²) in [6.45, 7) is 3.76. The van der Waals surface area contributed by atoms with Crippen LogP contribution in [0.5, 0.6) is 0 Å². The average Bonchev–Trinajstić information content (AvgIpc) is 2.19. The van der Waals surface area contributed by atoms with Crippen LogP contribution in [0.1, 0.15) is 0 Å². The van der Waals surface area contributed by atoms with E-state index in [9.17, 15) is 0 Å². The van der Waals surface area contributed by atoms with Gasteiger partial charge in [-0.3, -0.25) is 5.84 Å². The summed E-state index contributed by atoms with van der Waals surface area (Å²) in [5, 5.41) is 2.64. The second kappa shape index (κ2) is 4.17. The number of piperazine rings is 1. The third-order valence-corrected chi connectivity index (χ3v) is 2.72. The molecule has 0 aliphatic carbocycles. The maximum absolute atomic E-state index is 5.93. The Morgan fingerprint density at radius 3 is 2.50 bits per heavy atom. The predicted molar refractivity (Wildman–Crippen MR) is 59.4 cm³/mol. The van der Waals surface area contributed by atoms with Gasteiger partial charge in [-0.25, -0.2) is 5.01 Å².